The van der Waals surface area contributed by atoms with Gasteiger partial charge in [-0.3, -0.25) is 0 Å². The van der Waals surface area contributed by atoms with E-state index in [4.69, 9.17) is 0 Å². The van der Waals surface area contributed by atoms with E-state index in [2.05, 4.69) is 18.9 Å². The zero-order valence-electron chi connectivity index (χ0n) is 7.09. The molecule has 2 atom stereocenters. The number of β-amino-alcohol motifs (C(OH)–C–C–N with tert-alkyl or cyclic N) is 1. The predicted octanol–water partition coefficient (Wildman–Crippen LogP) is 0.851. The Morgan fingerprint density at radius 3 is 2.60 bits per heavy atom. The first-order valence-electron chi connectivity index (χ1n) is 3.94. The van der Waals surface area contributed by atoms with E-state index < -0.39 is 5.60 Å². The lowest BCUT2D eigenvalue weighted by Gasteiger charge is -2.39. The normalized spacial score (nSPS) is 43.8. The number of hydrogen-bond acceptors (Lipinski definition) is 2. The van der Waals surface area contributed by atoms with Crippen LogP contribution in [0.2, 0.25) is 0 Å². The highest BCUT2D eigenvalue weighted by Gasteiger charge is 2.29. The van der Waals surface area contributed by atoms with Gasteiger partial charge in [0.25, 0.3) is 0 Å². The summed E-state index contributed by atoms with van der Waals surface area (Å²) in [6.07, 6.45) is 2.06. The molecule has 1 aliphatic heterocycles. The van der Waals surface area contributed by atoms with Crippen molar-refractivity contribution in [2.24, 2.45) is 0 Å². The molecule has 0 spiro atoms. The van der Waals surface area contributed by atoms with Crippen molar-refractivity contribution < 1.29 is 5.11 Å². The minimum atomic E-state index is -0.443. The van der Waals surface area contributed by atoms with Crippen molar-refractivity contribution in [1.29, 1.82) is 0 Å². The molecule has 0 saturated carbocycles. The molecular formula is C8H17NO. The van der Waals surface area contributed by atoms with Crippen LogP contribution in [0.15, 0.2) is 0 Å². The summed E-state index contributed by atoms with van der Waals surface area (Å²) in [5.41, 5.74) is -0.443. The Bertz CT molecular complexity index is 122. The van der Waals surface area contributed by atoms with E-state index in [1.165, 1.54) is 0 Å². The minimum absolute atomic E-state index is 0.443. The first-order chi connectivity index (χ1) is 4.51. The van der Waals surface area contributed by atoms with Gasteiger partial charge in [0, 0.05) is 12.6 Å². The van der Waals surface area contributed by atoms with Crippen molar-refractivity contribution in [1.82, 2.24) is 4.90 Å². The maximum Gasteiger partial charge on any atom is 0.0746 e. The van der Waals surface area contributed by atoms with Crippen molar-refractivity contribution in [2.45, 2.75) is 38.3 Å². The van der Waals surface area contributed by atoms with E-state index >= 15 is 0 Å². The van der Waals surface area contributed by atoms with Crippen molar-refractivity contribution in [3.63, 3.8) is 0 Å². The summed E-state index contributed by atoms with van der Waals surface area (Å²) >= 11 is 0. The summed E-state index contributed by atoms with van der Waals surface area (Å²) in [5.74, 6) is 0. The summed E-state index contributed by atoms with van der Waals surface area (Å²) in [4.78, 5) is 2.21. The third-order valence-electron chi connectivity index (χ3n) is 2.44. The first-order valence-corrected chi connectivity index (χ1v) is 3.94. The molecule has 0 aromatic carbocycles. The zero-order chi connectivity index (χ0) is 7.78. The molecule has 1 fully saturated rings. The largest absolute Gasteiger partial charge is 0.389 e. The Labute approximate surface area is 62.8 Å². The molecule has 1 rings (SSSR count). The van der Waals surface area contributed by atoms with Gasteiger partial charge in [-0.2, -0.15) is 0 Å². The number of likely N-dealkylation sites (tertiary alicyclic amines) is 1. The Morgan fingerprint density at radius 1 is 1.60 bits per heavy atom. The molecule has 60 valence electrons. The summed E-state index contributed by atoms with van der Waals surface area (Å²) in [6, 6.07) is 0.639. The molecule has 0 bridgehead atoms. The van der Waals surface area contributed by atoms with E-state index in [-0.39, 0.29) is 0 Å². The van der Waals surface area contributed by atoms with Crippen molar-refractivity contribution >= 4 is 0 Å². The molecule has 1 N–H and O–H groups in total. The molecule has 0 unspecified atom stereocenters. The number of piperidine rings is 1. The van der Waals surface area contributed by atoms with E-state index in [0.29, 0.717) is 6.04 Å². The minimum Gasteiger partial charge on any atom is -0.389 e. The number of nitrogens with zero attached hydrogens (tertiary/aromatic N) is 1. The molecule has 0 amide bonds. The fourth-order valence-corrected chi connectivity index (χ4v) is 1.51. The fraction of sp³-hybridized carbons (Fsp3) is 1.00. The van der Waals surface area contributed by atoms with Gasteiger partial charge in [0.1, 0.15) is 0 Å². The van der Waals surface area contributed by atoms with Crippen LogP contribution in [0.25, 0.3) is 0 Å². The number of likely N-dealkylation sites (N-methyl/N-ethyl adjacent to an activating group) is 1. The highest BCUT2D eigenvalue weighted by molar-refractivity contribution is 4.84. The fourth-order valence-electron chi connectivity index (χ4n) is 1.51. The Hall–Kier alpha value is -0.0800. The summed E-state index contributed by atoms with van der Waals surface area (Å²) in [6.45, 7) is 4.93. The van der Waals surface area contributed by atoms with Crippen LogP contribution in [0.3, 0.4) is 0 Å². The monoisotopic (exact) mass is 143 g/mol. The lowest BCUT2D eigenvalue weighted by atomic mass is 9.91. The van der Waals surface area contributed by atoms with E-state index in [0.717, 1.165) is 19.4 Å². The number of aliphatic hydroxyl groups is 1. The molecule has 0 aromatic rings. The maximum atomic E-state index is 9.62. The SMILES string of the molecule is C[C@H]1CC[C@@](C)(O)CN1C. The Morgan fingerprint density at radius 2 is 2.20 bits per heavy atom. The van der Waals surface area contributed by atoms with Crippen LogP contribution in [-0.2, 0) is 0 Å². The van der Waals surface area contributed by atoms with Crippen LogP contribution < -0.4 is 0 Å². The average Bonchev–Trinajstić information content (AvgIpc) is 1.79. The summed E-state index contributed by atoms with van der Waals surface area (Å²) < 4.78 is 0. The highest BCUT2D eigenvalue weighted by Crippen LogP contribution is 2.22. The molecule has 1 aliphatic rings. The molecule has 2 heteroatoms. The highest BCUT2D eigenvalue weighted by atomic mass is 16.3. The Kier molecular flexibility index (Phi) is 2.02. The quantitative estimate of drug-likeness (QED) is 0.543. The lowest BCUT2D eigenvalue weighted by Crippen LogP contribution is -2.48. The standard InChI is InChI=1S/C8H17NO/c1-7-4-5-8(2,10)6-9(7)3/h7,10H,4-6H2,1-3H3/t7-,8+/m0/s1. The van der Waals surface area contributed by atoms with Crippen LogP contribution in [-0.4, -0.2) is 35.2 Å². The molecule has 0 radical (unpaired) electrons. The third-order valence-corrected chi connectivity index (χ3v) is 2.44. The average molecular weight is 143 g/mol. The molecule has 1 saturated heterocycles. The molecule has 1 heterocycles. The van der Waals surface area contributed by atoms with Gasteiger partial charge in [-0.15, -0.1) is 0 Å². The second-order valence-corrected chi connectivity index (χ2v) is 3.80. The zero-order valence-corrected chi connectivity index (χ0v) is 7.09. The van der Waals surface area contributed by atoms with E-state index in [1.807, 2.05) is 6.92 Å². The third kappa shape index (κ3) is 1.70. The number of rotatable bonds is 0. The van der Waals surface area contributed by atoms with Crippen LogP contribution in [0.1, 0.15) is 26.7 Å². The molecule has 0 aliphatic carbocycles. The topological polar surface area (TPSA) is 23.5 Å². The van der Waals surface area contributed by atoms with Crippen molar-refractivity contribution in [2.75, 3.05) is 13.6 Å². The van der Waals surface area contributed by atoms with Crippen molar-refractivity contribution in [3.8, 4) is 0 Å². The van der Waals surface area contributed by atoms with Crippen LogP contribution in [0.5, 0.6) is 0 Å². The predicted molar refractivity (Wildman–Crippen MR) is 41.9 cm³/mol. The number of hydrogen-bond donors (Lipinski definition) is 1. The van der Waals surface area contributed by atoms with E-state index in [1.54, 1.807) is 0 Å². The summed E-state index contributed by atoms with van der Waals surface area (Å²) in [7, 11) is 2.07. The lowest BCUT2D eigenvalue weighted by molar-refractivity contribution is -0.0250. The molecular weight excluding hydrogens is 126 g/mol. The molecule has 2 nitrogen and oxygen atoms in total. The van der Waals surface area contributed by atoms with Crippen LogP contribution >= 0.6 is 0 Å². The van der Waals surface area contributed by atoms with Crippen LogP contribution in [0.4, 0.5) is 0 Å². The Balaban J connectivity index is 2.49. The second kappa shape index (κ2) is 2.51. The molecule has 10 heavy (non-hydrogen) atoms. The van der Waals surface area contributed by atoms with E-state index in [9.17, 15) is 5.11 Å². The van der Waals surface area contributed by atoms with Gasteiger partial charge >= 0.3 is 0 Å². The van der Waals surface area contributed by atoms with Gasteiger partial charge in [0.2, 0.25) is 0 Å². The van der Waals surface area contributed by atoms with Gasteiger partial charge in [-0.25, -0.2) is 0 Å². The van der Waals surface area contributed by atoms with Gasteiger partial charge in [-0.05, 0) is 33.7 Å². The van der Waals surface area contributed by atoms with Crippen molar-refractivity contribution in [3.05, 3.63) is 0 Å². The first kappa shape index (κ1) is 8.02. The smallest absolute Gasteiger partial charge is 0.0746 e. The van der Waals surface area contributed by atoms with Gasteiger partial charge in [-0.1, -0.05) is 0 Å². The summed E-state index contributed by atoms with van der Waals surface area (Å²) in [5, 5.41) is 9.62. The van der Waals surface area contributed by atoms with Gasteiger partial charge in [0.15, 0.2) is 0 Å². The second-order valence-electron chi connectivity index (χ2n) is 3.80. The maximum absolute atomic E-state index is 9.62. The van der Waals surface area contributed by atoms with Crippen LogP contribution in [0, 0.1) is 0 Å². The van der Waals surface area contributed by atoms with Gasteiger partial charge < -0.3 is 10.0 Å². The molecule has 0 aromatic heterocycles. The van der Waals surface area contributed by atoms with Gasteiger partial charge in [0.05, 0.1) is 5.60 Å².